The summed E-state index contributed by atoms with van der Waals surface area (Å²) in [4.78, 5) is 12.7. The molecule has 6 nitrogen and oxygen atoms in total. The molecule has 1 aliphatic rings. The van der Waals surface area contributed by atoms with Crippen molar-refractivity contribution in [1.82, 2.24) is 9.78 Å². The van der Waals surface area contributed by atoms with Gasteiger partial charge in [-0.3, -0.25) is 9.10 Å². The summed E-state index contributed by atoms with van der Waals surface area (Å²) in [5.41, 5.74) is 5.99. The summed E-state index contributed by atoms with van der Waals surface area (Å²) < 4.78 is 29.1. The lowest BCUT2D eigenvalue weighted by atomic mass is 10.1. The van der Waals surface area contributed by atoms with Gasteiger partial charge in [-0.05, 0) is 43.7 Å². The smallest absolute Gasteiger partial charge is 0.264 e. The molecule has 0 fully saturated rings. The van der Waals surface area contributed by atoms with E-state index in [4.69, 9.17) is 5.10 Å². The van der Waals surface area contributed by atoms with Crippen LogP contribution in [-0.2, 0) is 10.0 Å². The van der Waals surface area contributed by atoms with Crippen molar-refractivity contribution in [2.75, 3.05) is 11.4 Å². The molecule has 0 N–H and O–H groups in total. The second kappa shape index (κ2) is 8.11. The Hall–Kier alpha value is -3.97. The van der Waals surface area contributed by atoms with Gasteiger partial charge < -0.3 is 0 Å². The van der Waals surface area contributed by atoms with Crippen molar-refractivity contribution in [2.45, 2.75) is 18.7 Å². The normalized spacial score (nSPS) is 14.1. The molecule has 7 heteroatoms. The van der Waals surface area contributed by atoms with Crippen LogP contribution >= 0.6 is 0 Å². The van der Waals surface area contributed by atoms with Crippen molar-refractivity contribution in [1.29, 1.82) is 0 Å². The number of rotatable bonds is 4. The molecule has 1 aromatic heterocycles. The molecule has 0 saturated heterocycles. The number of benzene rings is 3. The molecule has 0 aliphatic carbocycles. The van der Waals surface area contributed by atoms with Crippen LogP contribution < -0.4 is 4.31 Å². The van der Waals surface area contributed by atoms with E-state index in [1.165, 1.54) is 4.31 Å². The van der Waals surface area contributed by atoms with Crippen molar-refractivity contribution in [3.8, 4) is 16.9 Å². The Morgan fingerprint density at radius 1 is 0.912 bits per heavy atom. The minimum absolute atomic E-state index is 0.0532. The number of carbonyl (C=O) groups excluding carboxylic acids is 1. The quantitative estimate of drug-likeness (QED) is 0.305. The lowest BCUT2D eigenvalue weighted by molar-refractivity contribution is 0.104. The molecule has 0 radical (unpaired) electrons. The SMILES string of the molecule is Cc1ccc(C(=O)/C=C/c2ccc(-n3nc4c(c3C)N(C)S(=O)(=O)c3ccccc3-4)cc2)cc1. The number of hydrogen-bond donors (Lipinski definition) is 0. The molecule has 0 saturated carbocycles. The number of sulfonamides is 1. The molecule has 1 aliphatic heterocycles. The summed E-state index contributed by atoms with van der Waals surface area (Å²) >= 11 is 0. The summed E-state index contributed by atoms with van der Waals surface area (Å²) in [5.74, 6) is -0.0532. The van der Waals surface area contributed by atoms with Gasteiger partial charge in [-0.2, -0.15) is 5.10 Å². The number of nitrogens with zero attached hydrogens (tertiary/aromatic N) is 3. The van der Waals surface area contributed by atoms with Crippen LogP contribution in [0, 0.1) is 13.8 Å². The monoisotopic (exact) mass is 469 g/mol. The van der Waals surface area contributed by atoms with Crippen molar-refractivity contribution in [2.24, 2.45) is 0 Å². The summed E-state index contributed by atoms with van der Waals surface area (Å²) in [6, 6.07) is 22.0. The Morgan fingerprint density at radius 3 is 2.29 bits per heavy atom. The molecule has 4 aromatic rings. The van der Waals surface area contributed by atoms with Gasteiger partial charge in [0.2, 0.25) is 0 Å². The van der Waals surface area contributed by atoms with Gasteiger partial charge in [0, 0.05) is 18.2 Å². The Labute approximate surface area is 198 Å². The minimum Gasteiger partial charge on any atom is -0.289 e. The van der Waals surface area contributed by atoms with E-state index in [0.717, 1.165) is 22.5 Å². The first-order chi connectivity index (χ1) is 16.3. The van der Waals surface area contributed by atoms with Gasteiger partial charge in [-0.25, -0.2) is 13.1 Å². The molecule has 170 valence electrons. The molecular weight excluding hydrogens is 446 g/mol. The Morgan fingerprint density at radius 2 is 1.59 bits per heavy atom. The number of anilines is 1. The predicted octanol–water partition coefficient (Wildman–Crippen LogP) is 5.19. The van der Waals surface area contributed by atoms with Crippen LogP contribution in [0.25, 0.3) is 23.0 Å². The molecule has 0 spiro atoms. The lowest BCUT2D eigenvalue weighted by Crippen LogP contribution is -2.30. The third-order valence-corrected chi connectivity index (χ3v) is 7.90. The van der Waals surface area contributed by atoms with E-state index in [1.54, 1.807) is 42.1 Å². The fourth-order valence-corrected chi connectivity index (χ4v) is 5.62. The summed E-state index contributed by atoms with van der Waals surface area (Å²) in [6.45, 7) is 3.85. The fraction of sp³-hybridized carbons (Fsp3) is 0.111. The fourth-order valence-electron chi connectivity index (χ4n) is 4.17. The summed E-state index contributed by atoms with van der Waals surface area (Å²) in [5, 5.41) is 4.77. The number of allylic oxidation sites excluding steroid dienone is 1. The highest BCUT2D eigenvalue weighted by molar-refractivity contribution is 7.93. The Kier molecular flexibility index (Phi) is 5.21. The first-order valence-electron chi connectivity index (χ1n) is 10.8. The number of ketones is 1. The van der Waals surface area contributed by atoms with Crippen molar-refractivity contribution in [3.63, 3.8) is 0 Å². The van der Waals surface area contributed by atoms with Crippen molar-refractivity contribution < 1.29 is 13.2 Å². The van der Waals surface area contributed by atoms with Crippen LogP contribution in [0.5, 0.6) is 0 Å². The maximum Gasteiger partial charge on any atom is 0.264 e. The van der Waals surface area contributed by atoms with Gasteiger partial charge >= 0.3 is 0 Å². The molecule has 0 unspecified atom stereocenters. The van der Waals surface area contributed by atoms with E-state index in [9.17, 15) is 13.2 Å². The van der Waals surface area contributed by atoms with Gasteiger partial charge in [0.05, 0.1) is 16.3 Å². The second-order valence-corrected chi connectivity index (χ2v) is 10.3. The molecule has 3 aromatic carbocycles. The number of carbonyl (C=O) groups is 1. The molecule has 0 amide bonds. The van der Waals surface area contributed by atoms with Crippen LogP contribution in [0.1, 0.15) is 27.2 Å². The van der Waals surface area contributed by atoms with E-state index in [2.05, 4.69) is 0 Å². The first-order valence-corrected chi connectivity index (χ1v) is 12.3. The topological polar surface area (TPSA) is 72.3 Å². The van der Waals surface area contributed by atoms with Crippen LogP contribution in [0.3, 0.4) is 0 Å². The van der Waals surface area contributed by atoms with Gasteiger partial charge in [-0.15, -0.1) is 0 Å². The highest BCUT2D eigenvalue weighted by Gasteiger charge is 2.36. The zero-order valence-electron chi connectivity index (χ0n) is 19.1. The minimum atomic E-state index is -3.63. The zero-order valence-corrected chi connectivity index (χ0v) is 19.9. The van der Waals surface area contributed by atoms with Gasteiger partial charge in [0.15, 0.2) is 5.78 Å². The van der Waals surface area contributed by atoms with Crippen LogP contribution in [0.2, 0.25) is 0 Å². The molecule has 5 rings (SSSR count). The number of aryl methyl sites for hydroxylation is 1. The maximum absolute atomic E-state index is 13.0. The van der Waals surface area contributed by atoms with Gasteiger partial charge in [0.25, 0.3) is 10.0 Å². The van der Waals surface area contributed by atoms with Crippen molar-refractivity contribution >= 4 is 27.6 Å². The third-order valence-electron chi connectivity index (χ3n) is 6.08. The van der Waals surface area contributed by atoms with E-state index in [1.807, 2.05) is 68.4 Å². The average Bonchev–Trinajstić information content (AvgIpc) is 3.19. The molecule has 0 bridgehead atoms. The number of aromatic nitrogens is 2. The summed E-state index contributed by atoms with van der Waals surface area (Å²) in [7, 11) is -2.08. The van der Waals surface area contributed by atoms with Crippen molar-refractivity contribution in [3.05, 3.63) is 101 Å². The largest absolute Gasteiger partial charge is 0.289 e. The number of hydrogen-bond acceptors (Lipinski definition) is 4. The highest BCUT2D eigenvalue weighted by Crippen LogP contribution is 2.43. The van der Waals surface area contributed by atoms with E-state index >= 15 is 0 Å². The zero-order chi connectivity index (χ0) is 24.0. The standard InChI is InChI=1S/C27H23N3O3S/c1-18-8-13-21(14-9-18)24(31)17-12-20-10-15-22(16-11-20)30-19(2)27-26(28-30)23-6-4-5-7-25(23)34(32,33)29(27)3/h4-17H,1-3H3/b17-12+. The van der Waals surface area contributed by atoms with Gasteiger partial charge in [0.1, 0.15) is 11.4 Å². The van der Waals surface area contributed by atoms with E-state index in [-0.39, 0.29) is 10.7 Å². The summed E-state index contributed by atoms with van der Waals surface area (Å²) in [6.07, 6.45) is 3.35. The third kappa shape index (κ3) is 3.54. The van der Waals surface area contributed by atoms with Crippen LogP contribution in [-0.4, -0.2) is 31.0 Å². The molecule has 2 heterocycles. The van der Waals surface area contributed by atoms with Gasteiger partial charge in [-0.1, -0.05) is 66.2 Å². The maximum atomic E-state index is 13.0. The highest BCUT2D eigenvalue weighted by atomic mass is 32.2. The lowest BCUT2D eigenvalue weighted by Gasteiger charge is -2.26. The molecular formula is C27H23N3O3S. The van der Waals surface area contributed by atoms with Crippen LogP contribution in [0.15, 0.2) is 83.8 Å². The van der Waals surface area contributed by atoms with Crippen LogP contribution in [0.4, 0.5) is 5.69 Å². The van der Waals surface area contributed by atoms with E-state index < -0.39 is 10.0 Å². The predicted molar refractivity (Wildman–Crippen MR) is 134 cm³/mol. The number of fused-ring (bicyclic) bond motifs is 3. The Balaban J connectivity index is 1.47. The molecule has 0 atom stereocenters. The Bertz CT molecular complexity index is 1550. The first kappa shape index (κ1) is 21.9. The molecule has 34 heavy (non-hydrogen) atoms. The second-order valence-electron chi connectivity index (χ2n) is 8.32. The average molecular weight is 470 g/mol. The van der Waals surface area contributed by atoms with E-state index in [0.29, 0.717) is 22.5 Å².